The molecule has 0 spiro atoms. The van der Waals surface area contributed by atoms with Gasteiger partial charge >= 0.3 is 0 Å². The molecule has 0 bridgehead atoms. The topological polar surface area (TPSA) is 52.6 Å². The molecule has 7 heteroatoms. The fraction of sp³-hybridized carbons (Fsp3) is 0.368. The maximum atomic E-state index is 6.25. The van der Waals surface area contributed by atoms with E-state index in [-0.39, 0.29) is 0 Å². The molecule has 0 saturated carbocycles. The van der Waals surface area contributed by atoms with Gasteiger partial charge in [-0.2, -0.15) is 0 Å². The number of hydrogen-bond acceptors (Lipinski definition) is 3. The van der Waals surface area contributed by atoms with E-state index in [1.165, 1.54) is 5.56 Å². The minimum absolute atomic E-state index is 0.315. The molecule has 0 aliphatic carbocycles. The molecule has 2 N–H and O–H groups in total. The quantitative estimate of drug-likeness (QED) is 0.605. The first-order valence-corrected chi connectivity index (χ1v) is 9.48. The summed E-state index contributed by atoms with van der Waals surface area (Å²) in [7, 11) is 1.79. The average molecular weight is 392 g/mol. The van der Waals surface area contributed by atoms with Gasteiger partial charge in [-0.3, -0.25) is 4.99 Å². The van der Waals surface area contributed by atoms with E-state index in [9.17, 15) is 0 Å². The van der Waals surface area contributed by atoms with Crippen molar-refractivity contribution < 1.29 is 0 Å². The zero-order chi connectivity index (χ0) is 18.4. The number of hydrogen-bond donors (Lipinski definition) is 2. The second-order valence-electron chi connectivity index (χ2n) is 6.26. The van der Waals surface area contributed by atoms with E-state index >= 15 is 0 Å². The van der Waals surface area contributed by atoms with E-state index in [0.29, 0.717) is 11.1 Å². The Morgan fingerprint density at radius 1 is 1.27 bits per heavy atom. The largest absolute Gasteiger partial charge is 0.356 e. The maximum Gasteiger partial charge on any atom is 0.191 e. The molecule has 1 unspecified atom stereocenters. The molecular formula is C19H23Cl2N5. The summed E-state index contributed by atoms with van der Waals surface area (Å²) in [5, 5.41) is 8.31. The standard InChI is InChI=1S/C19H23Cl2N5/c1-22-19(24-11-8-14-4-6-15(20)7-5-14)25-16-9-12-26(13-16)18-17(21)3-2-10-23-18/h2-7,10,16H,8-9,11-13H2,1H3,(H2,22,24,25). The predicted octanol–water partition coefficient (Wildman–Crippen LogP) is 3.37. The molecule has 1 aromatic carbocycles. The van der Waals surface area contributed by atoms with Gasteiger partial charge in [0.15, 0.2) is 5.96 Å². The summed E-state index contributed by atoms with van der Waals surface area (Å²) in [5.74, 6) is 1.67. The third kappa shape index (κ3) is 5.02. The van der Waals surface area contributed by atoms with Crippen molar-refractivity contribution in [2.24, 2.45) is 4.99 Å². The molecule has 138 valence electrons. The van der Waals surface area contributed by atoms with Gasteiger partial charge in [0.25, 0.3) is 0 Å². The number of aliphatic imine (C=N–C) groups is 1. The van der Waals surface area contributed by atoms with Crippen molar-refractivity contribution in [2.75, 3.05) is 31.6 Å². The molecule has 26 heavy (non-hydrogen) atoms. The predicted molar refractivity (Wildman–Crippen MR) is 110 cm³/mol. The zero-order valence-corrected chi connectivity index (χ0v) is 16.3. The van der Waals surface area contributed by atoms with Gasteiger partial charge in [-0.25, -0.2) is 4.98 Å². The van der Waals surface area contributed by atoms with E-state index in [1.54, 1.807) is 13.2 Å². The Morgan fingerprint density at radius 2 is 2.08 bits per heavy atom. The van der Waals surface area contributed by atoms with E-state index < -0.39 is 0 Å². The van der Waals surface area contributed by atoms with Crippen LogP contribution in [0.5, 0.6) is 0 Å². The van der Waals surface area contributed by atoms with Gasteiger partial charge in [-0.05, 0) is 42.7 Å². The number of aromatic nitrogens is 1. The Hall–Kier alpha value is -1.98. The van der Waals surface area contributed by atoms with Crippen LogP contribution >= 0.6 is 23.2 Å². The number of guanidine groups is 1. The first-order valence-electron chi connectivity index (χ1n) is 8.73. The lowest BCUT2D eigenvalue weighted by Crippen LogP contribution is -2.45. The van der Waals surface area contributed by atoms with Crippen molar-refractivity contribution in [1.29, 1.82) is 0 Å². The van der Waals surface area contributed by atoms with Crippen molar-refractivity contribution in [3.8, 4) is 0 Å². The van der Waals surface area contributed by atoms with Gasteiger partial charge in [0.05, 0.1) is 5.02 Å². The first kappa shape index (κ1) is 18.8. The Morgan fingerprint density at radius 3 is 2.81 bits per heavy atom. The highest BCUT2D eigenvalue weighted by atomic mass is 35.5. The lowest BCUT2D eigenvalue weighted by molar-refractivity contribution is 0.648. The highest BCUT2D eigenvalue weighted by Gasteiger charge is 2.25. The number of nitrogens with zero attached hydrogens (tertiary/aromatic N) is 3. The third-order valence-corrected chi connectivity index (χ3v) is 4.96. The van der Waals surface area contributed by atoms with Crippen LogP contribution in [0, 0.1) is 0 Å². The molecule has 5 nitrogen and oxygen atoms in total. The van der Waals surface area contributed by atoms with Crippen LogP contribution in [0.15, 0.2) is 47.6 Å². The number of halogens is 2. The molecule has 1 aromatic heterocycles. The van der Waals surface area contributed by atoms with Crippen LogP contribution in [0.3, 0.4) is 0 Å². The molecule has 1 fully saturated rings. The summed E-state index contributed by atoms with van der Waals surface area (Å²) in [6.07, 6.45) is 3.71. The monoisotopic (exact) mass is 391 g/mol. The number of benzene rings is 1. The van der Waals surface area contributed by atoms with Crippen LogP contribution in [0.25, 0.3) is 0 Å². The number of pyridine rings is 1. The van der Waals surface area contributed by atoms with Gasteiger partial charge in [0.1, 0.15) is 5.82 Å². The zero-order valence-electron chi connectivity index (χ0n) is 14.8. The highest BCUT2D eigenvalue weighted by molar-refractivity contribution is 6.32. The van der Waals surface area contributed by atoms with E-state index in [4.69, 9.17) is 23.2 Å². The lowest BCUT2D eigenvalue weighted by Gasteiger charge is -2.20. The minimum Gasteiger partial charge on any atom is -0.356 e. The van der Waals surface area contributed by atoms with Crippen LogP contribution in [0.1, 0.15) is 12.0 Å². The van der Waals surface area contributed by atoms with Gasteiger partial charge < -0.3 is 15.5 Å². The Labute approximate surface area is 164 Å². The molecule has 1 saturated heterocycles. The third-order valence-electron chi connectivity index (χ3n) is 4.41. The molecule has 0 amide bonds. The average Bonchev–Trinajstić information content (AvgIpc) is 3.11. The summed E-state index contributed by atoms with van der Waals surface area (Å²) >= 11 is 12.2. The smallest absolute Gasteiger partial charge is 0.191 e. The minimum atomic E-state index is 0.315. The molecular weight excluding hydrogens is 369 g/mol. The fourth-order valence-corrected chi connectivity index (χ4v) is 3.41. The van der Waals surface area contributed by atoms with Crippen molar-refractivity contribution in [2.45, 2.75) is 18.9 Å². The van der Waals surface area contributed by atoms with Crippen molar-refractivity contribution >= 4 is 35.0 Å². The SMILES string of the molecule is CN=C(NCCc1ccc(Cl)cc1)NC1CCN(c2ncccc2Cl)C1. The Balaban J connectivity index is 1.47. The van der Waals surface area contributed by atoms with E-state index in [0.717, 1.165) is 49.3 Å². The normalized spacial score (nSPS) is 17.4. The van der Waals surface area contributed by atoms with Crippen LogP contribution in [0.2, 0.25) is 10.0 Å². The summed E-state index contributed by atoms with van der Waals surface area (Å²) in [5.41, 5.74) is 1.24. The van der Waals surface area contributed by atoms with E-state index in [1.807, 2.05) is 36.4 Å². The van der Waals surface area contributed by atoms with Gasteiger partial charge in [0.2, 0.25) is 0 Å². The second-order valence-corrected chi connectivity index (χ2v) is 7.10. The molecule has 3 rings (SSSR count). The Kier molecular flexibility index (Phi) is 6.58. The van der Waals surface area contributed by atoms with Crippen LogP contribution in [-0.2, 0) is 6.42 Å². The summed E-state index contributed by atoms with van der Waals surface area (Å²) in [6.45, 7) is 2.59. The van der Waals surface area contributed by atoms with Crippen LogP contribution in [0.4, 0.5) is 5.82 Å². The molecule has 0 radical (unpaired) electrons. The first-order chi connectivity index (χ1) is 12.7. The Bertz CT molecular complexity index is 748. The second kappa shape index (κ2) is 9.10. The maximum absolute atomic E-state index is 6.25. The van der Waals surface area contributed by atoms with Crippen molar-refractivity contribution in [1.82, 2.24) is 15.6 Å². The molecule has 2 aromatic rings. The number of nitrogens with one attached hydrogen (secondary N) is 2. The van der Waals surface area contributed by atoms with E-state index in [2.05, 4.69) is 25.5 Å². The van der Waals surface area contributed by atoms with Crippen molar-refractivity contribution in [3.63, 3.8) is 0 Å². The van der Waals surface area contributed by atoms with Crippen LogP contribution in [-0.4, -0.2) is 43.7 Å². The van der Waals surface area contributed by atoms with Gasteiger partial charge in [-0.15, -0.1) is 0 Å². The summed E-state index contributed by atoms with van der Waals surface area (Å²) in [6, 6.07) is 12.0. The molecule has 1 aliphatic rings. The van der Waals surface area contributed by atoms with Crippen molar-refractivity contribution in [3.05, 3.63) is 58.2 Å². The summed E-state index contributed by atoms with van der Waals surface area (Å²) in [4.78, 5) is 10.9. The fourth-order valence-electron chi connectivity index (χ4n) is 3.04. The molecule has 1 atom stereocenters. The molecule has 2 heterocycles. The number of rotatable bonds is 5. The van der Waals surface area contributed by atoms with Crippen LogP contribution < -0.4 is 15.5 Å². The summed E-state index contributed by atoms with van der Waals surface area (Å²) < 4.78 is 0. The lowest BCUT2D eigenvalue weighted by atomic mass is 10.1. The van der Waals surface area contributed by atoms with Gasteiger partial charge in [-0.1, -0.05) is 35.3 Å². The highest BCUT2D eigenvalue weighted by Crippen LogP contribution is 2.25. The number of anilines is 1. The van der Waals surface area contributed by atoms with Gasteiger partial charge in [0, 0.05) is 43.9 Å². The molecule has 1 aliphatic heterocycles.